The summed E-state index contributed by atoms with van der Waals surface area (Å²) < 4.78 is 5.44. The minimum atomic E-state index is -0.370. The Labute approximate surface area is 182 Å². The number of carbonyl (C=O) groups excluding carboxylic acids is 3. The molecule has 1 fully saturated rings. The van der Waals surface area contributed by atoms with E-state index in [-0.39, 0.29) is 23.8 Å². The summed E-state index contributed by atoms with van der Waals surface area (Å²) in [6.07, 6.45) is 0. The fourth-order valence-electron chi connectivity index (χ4n) is 4.12. The van der Waals surface area contributed by atoms with Crippen molar-refractivity contribution in [2.45, 2.75) is 19.5 Å². The Morgan fingerprint density at radius 2 is 1.71 bits per heavy atom. The Hall–Kier alpha value is -3.03. The van der Waals surface area contributed by atoms with Crippen LogP contribution in [0.25, 0.3) is 0 Å². The van der Waals surface area contributed by atoms with Crippen molar-refractivity contribution < 1.29 is 19.1 Å². The van der Waals surface area contributed by atoms with Crippen LogP contribution in [0.1, 0.15) is 43.6 Å². The van der Waals surface area contributed by atoms with Crippen molar-refractivity contribution in [1.82, 2.24) is 14.7 Å². The van der Waals surface area contributed by atoms with Gasteiger partial charge < -0.3 is 9.64 Å². The zero-order valence-corrected chi connectivity index (χ0v) is 17.9. The molecule has 0 aliphatic carbocycles. The summed E-state index contributed by atoms with van der Waals surface area (Å²) in [6.45, 7) is 6.36. The van der Waals surface area contributed by atoms with Crippen molar-refractivity contribution in [3.8, 4) is 0 Å². The second-order valence-corrected chi connectivity index (χ2v) is 8.11. The van der Waals surface area contributed by atoms with Crippen LogP contribution in [0.3, 0.4) is 0 Å². The van der Waals surface area contributed by atoms with Gasteiger partial charge in [0.25, 0.3) is 17.7 Å². The number of hydrogen-bond acceptors (Lipinski definition) is 5. The molecule has 2 aromatic rings. The number of rotatable bonds is 6. The Bertz CT molecular complexity index is 986. The van der Waals surface area contributed by atoms with E-state index in [2.05, 4.69) is 4.90 Å². The molecule has 1 atom stereocenters. The number of hydrogen-bond donors (Lipinski definition) is 0. The molecule has 31 heavy (non-hydrogen) atoms. The number of imide groups is 1. The Morgan fingerprint density at radius 3 is 2.42 bits per heavy atom. The van der Waals surface area contributed by atoms with E-state index in [0.29, 0.717) is 36.4 Å². The normalized spacial score (nSPS) is 17.5. The topological polar surface area (TPSA) is 70.2 Å². The summed E-state index contributed by atoms with van der Waals surface area (Å²) in [7, 11) is 1.46. The molecule has 0 aromatic heterocycles. The molecule has 0 bridgehead atoms. The van der Waals surface area contributed by atoms with Gasteiger partial charge in [0, 0.05) is 44.8 Å². The first-order valence-corrected chi connectivity index (χ1v) is 10.6. The van der Waals surface area contributed by atoms with E-state index in [1.165, 1.54) is 7.05 Å². The summed E-state index contributed by atoms with van der Waals surface area (Å²) in [5.74, 6) is -0.853. The minimum Gasteiger partial charge on any atom is -0.379 e. The first kappa shape index (κ1) is 21.2. The molecule has 4 rings (SSSR count). The van der Waals surface area contributed by atoms with Gasteiger partial charge in [0.05, 0.1) is 24.3 Å². The third kappa shape index (κ3) is 4.38. The molecule has 1 saturated heterocycles. The maximum absolute atomic E-state index is 13.6. The second-order valence-electron chi connectivity index (χ2n) is 8.11. The first-order valence-electron chi connectivity index (χ1n) is 10.6. The average Bonchev–Trinajstić information content (AvgIpc) is 3.02. The van der Waals surface area contributed by atoms with E-state index in [0.717, 1.165) is 30.1 Å². The van der Waals surface area contributed by atoms with Gasteiger partial charge in [0.15, 0.2) is 0 Å². The van der Waals surface area contributed by atoms with Gasteiger partial charge in [0.1, 0.15) is 0 Å². The molecule has 0 spiro atoms. The van der Waals surface area contributed by atoms with Gasteiger partial charge in [-0.15, -0.1) is 0 Å². The molecule has 0 N–H and O–H groups in total. The lowest BCUT2D eigenvalue weighted by atomic mass is 10.0. The van der Waals surface area contributed by atoms with Crippen molar-refractivity contribution >= 4 is 17.7 Å². The van der Waals surface area contributed by atoms with Gasteiger partial charge in [-0.1, -0.05) is 30.3 Å². The van der Waals surface area contributed by atoms with E-state index >= 15 is 0 Å². The predicted molar refractivity (Wildman–Crippen MR) is 116 cm³/mol. The number of carbonyl (C=O) groups is 3. The first-order chi connectivity index (χ1) is 15.0. The number of morpholine rings is 1. The summed E-state index contributed by atoms with van der Waals surface area (Å²) in [5, 5.41) is 0. The van der Waals surface area contributed by atoms with E-state index in [9.17, 15) is 14.4 Å². The highest BCUT2D eigenvalue weighted by atomic mass is 16.5. The Kier molecular flexibility index (Phi) is 6.15. The highest BCUT2D eigenvalue weighted by molar-refractivity contribution is 6.21. The molecule has 2 aromatic carbocycles. The highest BCUT2D eigenvalue weighted by Crippen LogP contribution is 2.24. The monoisotopic (exact) mass is 421 g/mol. The molecule has 7 nitrogen and oxygen atoms in total. The van der Waals surface area contributed by atoms with Crippen LogP contribution >= 0.6 is 0 Å². The summed E-state index contributed by atoms with van der Waals surface area (Å²) in [5.41, 5.74) is 2.09. The van der Waals surface area contributed by atoms with Crippen LogP contribution < -0.4 is 0 Å². The minimum absolute atomic E-state index is 0.0425. The third-order valence-corrected chi connectivity index (χ3v) is 5.95. The quantitative estimate of drug-likeness (QED) is 0.670. The lowest BCUT2D eigenvalue weighted by Gasteiger charge is -2.35. The van der Waals surface area contributed by atoms with E-state index in [4.69, 9.17) is 4.74 Å². The molecule has 0 saturated carbocycles. The van der Waals surface area contributed by atoms with Crippen LogP contribution in [0.5, 0.6) is 0 Å². The second kappa shape index (κ2) is 8.99. The van der Waals surface area contributed by atoms with Crippen LogP contribution in [-0.4, -0.2) is 78.4 Å². The van der Waals surface area contributed by atoms with Crippen molar-refractivity contribution in [3.63, 3.8) is 0 Å². The Morgan fingerprint density at radius 1 is 1.03 bits per heavy atom. The zero-order valence-electron chi connectivity index (χ0n) is 17.9. The zero-order chi connectivity index (χ0) is 22.0. The predicted octanol–water partition coefficient (Wildman–Crippen LogP) is 2.28. The van der Waals surface area contributed by atoms with E-state index in [1.807, 2.05) is 42.2 Å². The van der Waals surface area contributed by atoms with Crippen LogP contribution in [0.2, 0.25) is 0 Å². The largest absolute Gasteiger partial charge is 0.379 e. The fraction of sp³-hybridized carbons (Fsp3) is 0.375. The third-order valence-electron chi connectivity index (χ3n) is 5.95. The molecule has 2 heterocycles. The maximum atomic E-state index is 13.6. The molecular weight excluding hydrogens is 394 g/mol. The molecule has 2 aliphatic heterocycles. The van der Waals surface area contributed by atoms with Gasteiger partial charge in [-0.05, 0) is 30.7 Å². The number of amides is 3. The van der Waals surface area contributed by atoms with Crippen LogP contribution in [-0.2, 0) is 11.3 Å². The Balaban J connectivity index is 1.60. The van der Waals surface area contributed by atoms with Gasteiger partial charge in [-0.2, -0.15) is 0 Å². The average molecular weight is 421 g/mol. The van der Waals surface area contributed by atoms with E-state index in [1.54, 1.807) is 18.2 Å². The van der Waals surface area contributed by atoms with Crippen molar-refractivity contribution in [2.24, 2.45) is 0 Å². The SMILES string of the molecule is CC(CN1CCOCC1)N(Cc1ccccc1)C(=O)c1ccc2c(c1)C(=O)N(C)C2=O. The van der Waals surface area contributed by atoms with Crippen molar-refractivity contribution in [3.05, 3.63) is 70.8 Å². The van der Waals surface area contributed by atoms with Gasteiger partial charge in [0.2, 0.25) is 0 Å². The lowest BCUT2D eigenvalue weighted by molar-refractivity contribution is 0.0228. The van der Waals surface area contributed by atoms with Crippen molar-refractivity contribution in [2.75, 3.05) is 39.9 Å². The number of benzene rings is 2. The van der Waals surface area contributed by atoms with Crippen LogP contribution in [0.15, 0.2) is 48.5 Å². The molecule has 162 valence electrons. The lowest BCUT2D eigenvalue weighted by Crippen LogP contribution is -2.48. The summed E-state index contributed by atoms with van der Waals surface area (Å²) in [4.78, 5) is 43.4. The summed E-state index contributed by atoms with van der Waals surface area (Å²) in [6, 6.07) is 14.6. The van der Waals surface area contributed by atoms with Gasteiger partial charge in [-0.25, -0.2) is 0 Å². The number of nitrogens with zero attached hydrogens (tertiary/aromatic N) is 3. The maximum Gasteiger partial charge on any atom is 0.261 e. The van der Waals surface area contributed by atoms with Crippen molar-refractivity contribution in [1.29, 1.82) is 0 Å². The van der Waals surface area contributed by atoms with E-state index < -0.39 is 0 Å². The fourth-order valence-corrected chi connectivity index (χ4v) is 4.12. The highest BCUT2D eigenvalue weighted by Gasteiger charge is 2.34. The number of ether oxygens (including phenoxy) is 1. The van der Waals surface area contributed by atoms with Crippen LogP contribution in [0.4, 0.5) is 0 Å². The molecule has 1 unspecified atom stereocenters. The van der Waals surface area contributed by atoms with Gasteiger partial charge in [-0.3, -0.25) is 24.2 Å². The summed E-state index contributed by atoms with van der Waals surface area (Å²) >= 11 is 0. The smallest absolute Gasteiger partial charge is 0.261 e. The number of fused-ring (bicyclic) bond motifs is 1. The van der Waals surface area contributed by atoms with Crippen LogP contribution in [0, 0.1) is 0 Å². The molecule has 0 radical (unpaired) electrons. The van der Waals surface area contributed by atoms with Gasteiger partial charge >= 0.3 is 0 Å². The molecule has 2 aliphatic rings. The molecular formula is C24H27N3O4. The molecule has 7 heteroatoms. The standard InChI is InChI=1S/C24H27N3O4/c1-17(15-26-10-12-31-13-11-26)27(16-18-6-4-3-5-7-18)22(28)19-8-9-20-21(14-19)24(30)25(2)23(20)29/h3-9,14,17H,10-13,15-16H2,1-2H3. The molecule has 3 amide bonds.